The lowest BCUT2D eigenvalue weighted by molar-refractivity contribution is -0.908. The molecule has 0 bridgehead atoms. The van der Waals surface area contributed by atoms with Gasteiger partial charge in [-0.15, -0.1) is 0 Å². The number of nitriles is 1. The van der Waals surface area contributed by atoms with E-state index in [1.165, 1.54) is 16.0 Å². The molecule has 1 aliphatic rings. The molecule has 0 radical (unpaired) electrons. The van der Waals surface area contributed by atoms with Gasteiger partial charge in [-0.25, -0.2) is 0 Å². The fourth-order valence-electron chi connectivity index (χ4n) is 1.91. The number of rotatable bonds is 1. The highest BCUT2D eigenvalue weighted by molar-refractivity contribution is 5.27. The highest BCUT2D eigenvalue weighted by atomic mass is 79.9. The number of halogens is 1. The predicted molar refractivity (Wildman–Crippen MR) is 50.2 cm³/mol. The van der Waals surface area contributed by atoms with Crippen LogP contribution in [0.15, 0.2) is 24.3 Å². The average Bonchev–Trinajstić information content (AvgIpc) is 2.18. The van der Waals surface area contributed by atoms with Crippen LogP contribution in [0.1, 0.15) is 11.1 Å². The number of nitrogens with zero attached hydrogens (tertiary/aromatic N) is 1. The first kappa shape index (κ1) is 11.2. The molecule has 1 aliphatic heterocycles. The van der Waals surface area contributed by atoms with E-state index in [0.29, 0.717) is 6.54 Å². The minimum absolute atomic E-state index is 0. The van der Waals surface area contributed by atoms with Gasteiger partial charge in [0, 0.05) is 12.0 Å². The maximum atomic E-state index is 8.60. The van der Waals surface area contributed by atoms with Crippen molar-refractivity contribution >= 4 is 0 Å². The lowest BCUT2D eigenvalue weighted by atomic mass is 10.0. The molecule has 0 amide bonds. The Bertz CT molecular complexity index is 343. The Kier molecular flexibility index (Phi) is 4.12. The van der Waals surface area contributed by atoms with Crippen molar-refractivity contribution in [2.75, 3.05) is 13.1 Å². The van der Waals surface area contributed by atoms with Crippen LogP contribution in [0.25, 0.3) is 0 Å². The molecule has 0 saturated carbocycles. The fourth-order valence-corrected chi connectivity index (χ4v) is 1.91. The second-order valence-corrected chi connectivity index (χ2v) is 3.53. The number of hydrogen-bond acceptors (Lipinski definition) is 1. The third kappa shape index (κ3) is 2.34. The lowest BCUT2D eigenvalue weighted by Crippen LogP contribution is -3.11. The van der Waals surface area contributed by atoms with Crippen molar-refractivity contribution in [1.29, 1.82) is 5.26 Å². The topological polar surface area (TPSA) is 28.2 Å². The first-order valence-corrected chi connectivity index (χ1v) is 4.67. The van der Waals surface area contributed by atoms with E-state index in [0.717, 1.165) is 19.5 Å². The van der Waals surface area contributed by atoms with Gasteiger partial charge in [0.05, 0.1) is 6.54 Å². The number of hydrogen-bond donors (Lipinski definition) is 1. The molecule has 1 aromatic rings. The molecule has 74 valence electrons. The molecular formula is C11H13BrN2. The average molecular weight is 253 g/mol. The molecule has 0 saturated heterocycles. The van der Waals surface area contributed by atoms with Crippen molar-refractivity contribution in [2.24, 2.45) is 0 Å². The fraction of sp³-hybridized carbons (Fsp3) is 0.364. The smallest absolute Gasteiger partial charge is 0.165 e. The molecular weight excluding hydrogens is 240 g/mol. The second-order valence-electron chi connectivity index (χ2n) is 3.53. The van der Waals surface area contributed by atoms with E-state index >= 15 is 0 Å². The van der Waals surface area contributed by atoms with Crippen LogP contribution in [0.3, 0.4) is 0 Å². The molecule has 14 heavy (non-hydrogen) atoms. The summed E-state index contributed by atoms with van der Waals surface area (Å²) >= 11 is 0. The monoisotopic (exact) mass is 252 g/mol. The molecule has 2 nitrogen and oxygen atoms in total. The molecule has 1 unspecified atom stereocenters. The van der Waals surface area contributed by atoms with E-state index in [2.05, 4.69) is 30.3 Å². The van der Waals surface area contributed by atoms with Crippen molar-refractivity contribution in [3.05, 3.63) is 35.4 Å². The highest BCUT2D eigenvalue weighted by Crippen LogP contribution is 2.09. The molecule has 1 heterocycles. The number of nitrogens with one attached hydrogen (secondary N) is 1. The summed E-state index contributed by atoms with van der Waals surface area (Å²) in [7, 11) is 0. The zero-order chi connectivity index (χ0) is 9.10. The van der Waals surface area contributed by atoms with Gasteiger partial charge < -0.3 is 21.9 Å². The molecule has 0 aliphatic carbocycles. The van der Waals surface area contributed by atoms with Gasteiger partial charge in [0.25, 0.3) is 0 Å². The summed E-state index contributed by atoms with van der Waals surface area (Å²) < 4.78 is 0. The summed E-state index contributed by atoms with van der Waals surface area (Å²) in [4.78, 5) is 1.39. The number of benzene rings is 1. The standard InChI is InChI=1S/C11H12N2.BrH/c12-6-8-13-7-5-10-3-1-2-4-11(10)9-13;/h1-4H,5,7-9H2;1H. The van der Waals surface area contributed by atoms with Crippen LogP contribution in [0, 0.1) is 11.3 Å². The first-order chi connectivity index (χ1) is 6.40. The summed E-state index contributed by atoms with van der Waals surface area (Å²) in [5.41, 5.74) is 2.88. The maximum Gasteiger partial charge on any atom is 0.165 e. The van der Waals surface area contributed by atoms with Gasteiger partial charge in [-0.05, 0) is 5.56 Å². The van der Waals surface area contributed by atoms with Gasteiger partial charge in [-0.3, -0.25) is 0 Å². The summed E-state index contributed by atoms with van der Waals surface area (Å²) in [6.07, 6.45) is 1.12. The van der Waals surface area contributed by atoms with Gasteiger partial charge >= 0.3 is 0 Å². The van der Waals surface area contributed by atoms with Crippen molar-refractivity contribution in [2.45, 2.75) is 13.0 Å². The number of quaternary nitrogens is 1. The quantitative estimate of drug-likeness (QED) is 0.536. The summed E-state index contributed by atoms with van der Waals surface area (Å²) in [5, 5.41) is 8.60. The van der Waals surface area contributed by atoms with Crippen LogP contribution in [0.2, 0.25) is 0 Å². The molecule has 0 spiro atoms. The van der Waals surface area contributed by atoms with Gasteiger partial charge in [0.2, 0.25) is 0 Å². The van der Waals surface area contributed by atoms with Crippen molar-refractivity contribution < 1.29 is 21.9 Å². The largest absolute Gasteiger partial charge is 1.00 e. The van der Waals surface area contributed by atoms with Gasteiger partial charge in [0.1, 0.15) is 12.6 Å². The SMILES string of the molecule is N#CC[NH+]1CCc2ccccc2C1.[Br-]. The van der Waals surface area contributed by atoms with Crippen LogP contribution < -0.4 is 21.9 Å². The predicted octanol–water partition coefficient (Wildman–Crippen LogP) is -2.84. The second kappa shape index (κ2) is 5.14. The lowest BCUT2D eigenvalue weighted by Gasteiger charge is -2.23. The van der Waals surface area contributed by atoms with Crippen LogP contribution in [0.5, 0.6) is 0 Å². The zero-order valence-electron chi connectivity index (χ0n) is 7.96. The molecule has 0 aromatic heterocycles. The maximum absolute atomic E-state index is 8.60. The zero-order valence-corrected chi connectivity index (χ0v) is 9.55. The van der Waals surface area contributed by atoms with E-state index < -0.39 is 0 Å². The minimum atomic E-state index is 0. The third-order valence-electron chi connectivity index (χ3n) is 2.64. The summed E-state index contributed by atoms with van der Waals surface area (Å²) in [5.74, 6) is 0. The van der Waals surface area contributed by atoms with Gasteiger partial charge in [-0.1, -0.05) is 24.3 Å². The minimum Gasteiger partial charge on any atom is -1.00 e. The summed E-state index contributed by atoms with van der Waals surface area (Å²) in [6, 6.07) is 10.8. The Hall–Kier alpha value is -0.850. The van der Waals surface area contributed by atoms with Crippen LogP contribution in [-0.4, -0.2) is 13.1 Å². The van der Waals surface area contributed by atoms with E-state index in [4.69, 9.17) is 5.26 Å². The van der Waals surface area contributed by atoms with Crippen molar-refractivity contribution in [1.82, 2.24) is 0 Å². The Morgan fingerprint density at radius 3 is 2.71 bits per heavy atom. The molecule has 1 atom stereocenters. The van der Waals surface area contributed by atoms with E-state index in [1.54, 1.807) is 0 Å². The Morgan fingerprint density at radius 2 is 2.00 bits per heavy atom. The van der Waals surface area contributed by atoms with E-state index in [1.807, 2.05) is 0 Å². The highest BCUT2D eigenvalue weighted by Gasteiger charge is 2.17. The molecule has 1 N–H and O–H groups in total. The van der Waals surface area contributed by atoms with E-state index in [-0.39, 0.29) is 17.0 Å². The van der Waals surface area contributed by atoms with Crippen LogP contribution >= 0.6 is 0 Å². The van der Waals surface area contributed by atoms with Crippen molar-refractivity contribution in [3.63, 3.8) is 0 Å². The number of fused-ring (bicyclic) bond motifs is 1. The molecule has 2 rings (SSSR count). The first-order valence-electron chi connectivity index (χ1n) is 4.67. The van der Waals surface area contributed by atoms with Crippen molar-refractivity contribution in [3.8, 4) is 6.07 Å². The molecule has 0 fully saturated rings. The Morgan fingerprint density at radius 1 is 1.29 bits per heavy atom. The van der Waals surface area contributed by atoms with Crippen LogP contribution in [-0.2, 0) is 13.0 Å². The van der Waals surface area contributed by atoms with E-state index in [9.17, 15) is 0 Å². The Balaban J connectivity index is 0.000000980. The Labute approximate surface area is 94.9 Å². The molecule has 1 aromatic carbocycles. The normalized spacial score (nSPS) is 18.9. The third-order valence-corrected chi connectivity index (χ3v) is 2.64. The summed E-state index contributed by atoms with van der Waals surface area (Å²) in [6.45, 7) is 2.75. The molecule has 3 heteroatoms. The van der Waals surface area contributed by atoms with Gasteiger partial charge in [0.15, 0.2) is 6.54 Å². The van der Waals surface area contributed by atoms with Crippen LogP contribution in [0.4, 0.5) is 0 Å². The van der Waals surface area contributed by atoms with Gasteiger partial charge in [-0.2, -0.15) is 5.26 Å².